The molecule has 2 aliphatic heterocycles. The number of hydrogen-bond donors (Lipinski definition) is 0. The van der Waals surface area contributed by atoms with Crippen LogP contribution in [0.4, 0.5) is 10.5 Å². The molecule has 2 aromatic rings. The summed E-state index contributed by atoms with van der Waals surface area (Å²) in [5.41, 5.74) is 1.63. The average Bonchev–Trinajstić information content (AvgIpc) is 3.24. The van der Waals surface area contributed by atoms with Crippen LogP contribution < -0.4 is 9.64 Å². The van der Waals surface area contributed by atoms with Crippen LogP contribution in [0.25, 0.3) is 0 Å². The van der Waals surface area contributed by atoms with Crippen molar-refractivity contribution in [2.45, 2.75) is 38.1 Å². The van der Waals surface area contributed by atoms with Crippen LogP contribution in [0.3, 0.4) is 0 Å². The zero-order valence-electron chi connectivity index (χ0n) is 16.6. The minimum absolute atomic E-state index is 0.183. The molecule has 2 heterocycles. The van der Waals surface area contributed by atoms with Gasteiger partial charge in [0.15, 0.2) is 0 Å². The van der Waals surface area contributed by atoms with Crippen LogP contribution in [0.1, 0.15) is 38.0 Å². The molecule has 0 fully saturated rings. The second kappa shape index (κ2) is 6.67. The monoisotopic (exact) mass is 379 g/mol. The Morgan fingerprint density at radius 2 is 1.86 bits per heavy atom. The summed E-state index contributed by atoms with van der Waals surface area (Å²) in [4.78, 5) is 14.5. The lowest BCUT2D eigenvalue weighted by molar-refractivity contribution is -0.0189. The summed E-state index contributed by atoms with van der Waals surface area (Å²) in [6.07, 6.45) is 3.57. The number of ether oxygens (including phenoxy) is 3. The van der Waals surface area contributed by atoms with Crippen molar-refractivity contribution in [2.75, 3.05) is 18.6 Å². The Morgan fingerprint density at radius 3 is 2.54 bits per heavy atom. The quantitative estimate of drug-likeness (QED) is 0.691. The number of methoxy groups -OCH3 is 1. The molecular weight excluding hydrogens is 354 g/mol. The summed E-state index contributed by atoms with van der Waals surface area (Å²) < 4.78 is 17.4. The summed E-state index contributed by atoms with van der Waals surface area (Å²) in [5.74, 6) is 0.808. The molecule has 5 heteroatoms. The highest BCUT2D eigenvalue weighted by atomic mass is 16.6. The number of para-hydroxylation sites is 1. The van der Waals surface area contributed by atoms with Gasteiger partial charge in [0.2, 0.25) is 0 Å². The fourth-order valence-electron chi connectivity index (χ4n) is 3.72. The van der Waals surface area contributed by atoms with Crippen molar-refractivity contribution in [2.24, 2.45) is 0 Å². The molecule has 4 rings (SSSR count). The van der Waals surface area contributed by atoms with E-state index in [9.17, 15) is 4.79 Å². The van der Waals surface area contributed by atoms with Gasteiger partial charge in [0, 0.05) is 5.56 Å². The van der Waals surface area contributed by atoms with Gasteiger partial charge in [0.25, 0.3) is 0 Å². The lowest BCUT2D eigenvalue weighted by Crippen LogP contribution is -2.39. The molecule has 0 bridgehead atoms. The topological polar surface area (TPSA) is 48.0 Å². The van der Waals surface area contributed by atoms with E-state index in [4.69, 9.17) is 14.2 Å². The Kier molecular flexibility index (Phi) is 4.42. The molecule has 0 saturated heterocycles. The van der Waals surface area contributed by atoms with E-state index in [0.29, 0.717) is 6.54 Å². The second-order valence-corrected chi connectivity index (χ2v) is 8.14. The second-order valence-electron chi connectivity index (χ2n) is 8.14. The van der Waals surface area contributed by atoms with Gasteiger partial charge in [-0.05, 0) is 50.6 Å². The summed E-state index contributed by atoms with van der Waals surface area (Å²) in [7, 11) is 1.65. The fraction of sp³-hybridized carbons (Fsp3) is 0.348. The maximum absolute atomic E-state index is 12.8. The highest BCUT2D eigenvalue weighted by molar-refractivity contribution is 5.92. The third-order valence-electron chi connectivity index (χ3n) is 4.98. The molecule has 5 nitrogen and oxygen atoms in total. The van der Waals surface area contributed by atoms with Gasteiger partial charge in [-0.15, -0.1) is 0 Å². The van der Waals surface area contributed by atoms with Gasteiger partial charge in [0.1, 0.15) is 23.1 Å². The van der Waals surface area contributed by atoms with E-state index in [1.54, 1.807) is 12.0 Å². The van der Waals surface area contributed by atoms with Crippen LogP contribution in [0.15, 0.2) is 60.7 Å². The lowest BCUT2D eigenvalue weighted by atomic mass is 9.97. The van der Waals surface area contributed by atoms with E-state index in [2.05, 4.69) is 12.2 Å². The summed E-state index contributed by atoms with van der Waals surface area (Å²) >= 11 is 0. The molecule has 0 radical (unpaired) electrons. The highest BCUT2D eigenvalue weighted by Gasteiger charge is 2.48. The molecule has 0 N–H and O–H groups in total. The Hall–Kier alpha value is -2.79. The van der Waals surface area contributed by atoms with Crippen LogP contribution in [-0.2, 0) is 15.1 Å². The number of carbonyl (C=O) groups excluding carboxylic acids is 1. The molecule has 0 unspecified atom stereocenters. The largest absolute Gasteiger partial charge is 0.497 e. The molecule has 146 valence electrons. The molecule has 1 amide bonds. The third-order valence-corrected chi connectivity index (χ3v) is 4.98. The maximum atomic E-state index is 12.8. The third kappa shape index (κ3) is 3.27. The molecular formula is C23H25NO4. The number of benzene rings is 2. The van der Waals surface area contributed by atoms with Gasteiger partial charge in [-0.25, -0.2) is 4.79 Å². The molecule has 2 aliphatic rings. The van der Waals surface area contributed by atoms with Gasteiger partial charge >= 0.3 is 6.09 Å². The summed E-state index contributed by atoms with van der Waals surface area (Å²) in [5, 5.41) is 0. The fourth-order valence-corrected chi connectivity index (χ4v) is 3.72. The Balaban J connectivity index is 1.62. The molecule has 1 spiro atoms. The van der Waals surface area contributed by atoms with Crippen molar-refractivity contribution in [3.05, 3.63) is 71.8 Å². The molecule has 2 atom stereocenters. The average molecular weight is 379 g/mol. The van der Waals surface area contributed by atoms with E-state index in [-0.39, 0.29) is 12.2 Å². The van der Waals surface area contributed by atoms with Crippen molar-refractivity contribution in [1.82, 2.24) is 0 Å². The molecule has 2 aromatic carbocycles. The van der Waals surface area contributed by atoms with Crippen molar-refractivity contribution in [3.63, 3.8) is 0 Å². The predicted molar refractivity (Wildman–Crippen MR) is 108 cm³/mol. The predicted octanol–water partition coefficient (Wildman–Crippen LogP) is 4.97. The van der Waals surface area contributed by atoms with Crippen molar-refractivity contribution >= 4 is 11.8 Å². The first kappa shape index (κ1) is 18.6. The van der Waals surface area contributed by atoms with Gasteiger partial charge < -0.3 is 14.2 Å². The minimum Gasteiger partial charge on any atom is -0.497 e. The van der Waals surface area contributed by atoms with Crippen LogP contribution in [0.5, 0.6) is 5.75 Å². The zero-order valence-corrected chi connectivity index (χ0v) is 16.6. The first-order chi connectivity index (χ1) is 13.3. The van der Waals surface area contributed by atoms with E-state index >= 15 is 0 Å². The normalized spacial score (nSPS) is 23.1. The van der Waals surface area contributed by atoms with E-state index in [1.807, 2.05) is 69.3 Å². The van der Waals surface area contributed by atoms with Gasteiger partial charge in [-0.1, -0.05) is 36.4 Å². The van der Waals surface area contributed by atoms with E-state index in [0.717, 1.165) is 22.6 Å². The molecule has 0 aliphatic carbocycles. The smallest absolute Gasteiger partial charge is 0.414 e. The molecule has 0 saturated carbocycles. The first-order valence-electron chi connectivity index (χ1n) is 9.42. The highest BCUT2D eigenvalue weighted by Crippen LogP contribution is 2.49. The number of fused-ring (bicyclic) bond motifs is 2. The van der Waals surface area contributed by atoms with Gasteiger partial charge in [0.05, 0.1) is 19.3 Å². The Morgan fingerprint density at radius 1 is 1.14 bits per heavy atom. The Bertz CT molecular complexity index is 913. The first-order valence-corrected chi connectivity index (χ1v) is 9.42. The number of hydrogen-bond acceptors (Lipinski definition) is 4. The summed E-state index contributed by atoms with van der Waals surface area (Å²) in [6, 6.07) is 15.7. The van der Waals surface area contributed by atoms with Gasteiger partial charge in [-0.3, -0.25) is 4.90 Å². The number of rotatable bonds is 2. The molecule has 0 aromatic heterocycles. The summed E-state index contributed by atoms with van der Waals surface area (Å²) in [6.45, 7) is 6.00. The van der Waals surface area contributed by atoms with E-state index in [1.165, 1.54) is 0 Å². The maximum Gasteiger partial charge on any atom is 0.414 e. The van der Waals surface area contributed by atoms with Crippen molar-refractivity contribution < 1.29 is 19.0 Å². The van der Waals surface area contributed by atoms with E-state index < -0.39 is 11.2 Å². The van der Waals surface area contributed by atoms with Crippen molar-refractivity contribution in [3.8, 4) is 5.75 Å². The Labute approximate surface area is 165 Å². The van der Waals surface area contributed by atoms with Crippen molar-refractivity contribution in [1.29, 1.82) is 0 Å². The van der Waals surface area contributed by atoms with Crippen LogP contribution >= 0.6 is 0 Å². The lowest BCUT2D eigenvalue weighted by Gasteiger charge is -2.27. The standard InChI is InChI=1S/C23H25NO4/c1-22(2,3)28-21(25)24-15-23(18-7-5-6-8-19(18)24)14-13-20(27-23)16-9-11-17(26-4)12-10-16/h5-14,20H,15H2,1-4H3/t20-,23+/m1/s1. The number of carbonyl (C=O) groups is 1. The minimum atomic E-state index is -0.669. The molecule has 28 heavy (non-hydrogen) atoms. The number of amides is 1. The zero-order chi connectivity index (χ0) is 19.9. The number of anilines is 1. The SMILES string of the molecule is COc1ccc([C@H]2C=C[C@@]3(CN(C(=O)OC(C)(C)C)c4ccccc43)O2)cc1. The van der Waals surface area contributed by atoms with Crippen LogP contribution in [0.2, 0.25) is 0 Å². The van der Waals surface area contributed by atoms with Crippen LogP contribution in [0, 0.1) is 0 Å². The van der Waals surface area contributed by atoms with Gasteiger partial charge in [-0.2, -0.15) is 0 Å². The number of nitrogens with zero attached hydrogens (tertiary/aromatic N) is 1. The van der Waals surface area contributed by atoms with Crippen LogP contribution in [-0.4, -0.2) is 25.3 Å².